The molecule has 3 rings (SSSR count). The molecule has 2 aromatic heterocycles. The summed E-state index contributed by atoms with van der Waals surface area (Å²) >= 11 is 5.07. The third kappa shape index (κ3) is 2.65. The van der Waals surface area contributed by atoms with Crippen molar-refractivity contribution in [3.8, 4) is 0 Å². The molecule has 1 aromatic carbocycles. The van der Waals surface area contributed by atoms with Crippen LogP contribution >= 0.6 is 27.7 Å². The highest BCUT2D eigenvalue weighted by Crippen LogP contribution is 2.29. The van der Waals surface area contributed by atoms with Crippen molar-refractivity contribution in [2.75, 3.05) is 0 Å². The fraction of sp³-hybridized carbons (Fsp3) is 0.0769. The first-order chi connectivity index (χ1) is 9.26. The number of pyridine rings is 1. The molecule has 0 radical (unpaired) electrons. The maximum Gasteiger partial charge on any atom is 0.200 e. The van der Waals surface area contributed by atoms with Crippen molar-refractivity contribution in [1.82, 2.24) is 14.6 Å². The van der Waals surface area contributed by atoms with Crippen molar-refractivity contribution < 1.29 is 0 Å². The second-order valence-electron chi connectivity index (χ2n) is 4.01. The van der Waals surface area contributed by atoms with E-state index in [1.807, 2.05) is 40.9 Å². The number of rotatable bonds is 3. The maximum atomic E-state index is 5.69. The molecule has 0 aliphatic heterocycles. The Balaban J connectivity index is 1.99. The van der Waals surface area contributed by atoms with E-state index in [4.69, 9.17) is 5.73 Å². The quantitative estimate of drug-likeness (QED) is 0.799. The van der Waals surface area contributed by atoms with Gasteiger partial charge in [0.15, 0.2) is 10.8 Å². The smallest absolute Gasteiger partial charge is 0.200 e. The van der Waals surface area contributed by atoms with Gasteiger partial charge in [-0.15, -0.1) is 10.2 Å². The fourth-order valence-electron chi connectivity index (χ4n) is 1.79. The molecule has 0 bridgehead atoms. The van der Waals surface area contributed by atoms with Crippen molar-refractivity contribution in [1.29, 1.82) is 0 Å². The van der Waals surface area contributed by atoms with E-state index in [-0.39, 0.29) is 0 Å². The highest BCUT2D eigenvalue weighted by atomic mass is 79.9. The summed E-state index contributed by atoms with van der Waals surface area (Å²) in [6.07, 6.45) is 1.96. The van der Waals surface area contributed by atoms with Crippen LogP contribution in [0.5, 0.6) is 0 Å². The molecular weight excluding hydrogens is 324 g/mol. The van der Waals surface area contributed by atoms with E-state index in [0.717, 1.165) is 25.7 Å². The Kier molecular flexibility index (Phi) is 3.54. The first kappa shape index (κ1) is 12.7. The summed E-state index contributed by atoms with van der Waals surface area (Å²) < 4.78 is 2.99. The lowest BCUT2D eigenvalue weighted by molar-refractivity contribution is 0.921. The number of nitrogens with zero attached hydrogens (tertiary/aromatic N) is 3. The summed E-state index contributed by atoms with van der Waals surface area (Å²) in [4.78, 5) is 1.09. The minimum atomic E-state index is 0.521. The summed E-state index contributed by atoms with van der Waals surface area (Å²) in [6.45, 7) is 0.521. The van der Waals surface area contributed by atoms with E-state index >= 15 is 0 Å². The topological polar surface area (TPSA) is 56.2 Å². The molecule has 0 spiro atoms. The van der Waals surface area contributed by atoms with Crippen LogP contribution in [-0.2, 0) is 6.54 Å². The Hall–Kier alpha value is -1.37. The molecule has 0 aliphatic carbocycles. The molecule has 96 valence electrons. The molecule has 0 unspecified atom stereocenters. The normalized spacial score (nSPS) is 11.1. The largest absolute Gasteiger partial charge is 0.326 e. The van der Waals surface area contributed by atoms with Gasteiger partial charge in [0.2, 0.25) is 0 Å². The molecular formula is C13H11BrN4S. The Morgan fingerprint density at radius 2 is 2.11 bits per heavy atom. The summed E-state index contributed by atoms with van der Waals surface area (Å²) in [7, 11) is 0. The molecule has 4 nitrogen and oxygen atoms in total. The summed E-state index contributed by atoms with van der Waals surface area (Å²) in [5, 5.41) is 9.18. The summed E-state index contributed by atoms with van der Waals surface area (Å²) in [5.74, 6) is 0. The van der Waals surface area contributed by atoms with Crippen LogP contribution in [-0.4, -0.2) is 14.6 Å². The van der Waals surface area contributed by atoms with E-state index in [2.05, 4.69) is 32.2 Å². The Bertz CT molecular complexity index is 725. The average Bonchev–Trinajstić information content (AvgIpc) is 2.82. The highest BCUT2D eigenvalue weighted by molar-refractivity contribution is 9.10. The molecule has 2 N–H and O–H groups in total. The van der Waals surface area contributed by atoms with Crippen LogP contribution < -0.4 is 5.73 Å². The van der Waals surface area contributed by atoms with E-state index in [9.17, 15) is 0 Å². The van der Waals surface area contributed by atoms with Crippen LogP contribution in [0.4, 0.5) is 0 Å². The first-order valence-electron chi connectivity index (χ1n) is 5.73. The standard InChI is InChI=1S/C13H11BrN4S/c14-10-5-9(8-15)6-11(7-10)19-13-17-16-12-3-1-2-4-18(12)13/h1-7H,8,15H2. The van der Waals surface area contributed by atoms with Gasteiger partial charge in [-0.3, -0.25) is 4.40 Å². The van der Waals surface area contributed by atoms with Crippen LogP contribution in [0.15, 0.2) is 57.1 Å². The van der Waals surface area contributed by atoms with Gasteiger partial charge in [-0.25, -0.2) is 0 Å². The van der Waals surface area contributed by atoms with E-state index < -0.39 is 0 Å². The molecule has 0 saturated carbocycles. The van der Waals surface area contributed by atoms with Gasteiger partial charge in [0.1, 0.15) is 0 Å². The van der Waals surface area contributed by atoms with Crippen LogP contribution in [0.3, 0.4) is 0 Å². The van der Waals surface area contributed by atoms with E-state index in [1.54, 1.807) is 11.8 Å². The Morgan fingerprint density at radius 1 is 1.21 bits per heavy atom. The van der Waals surface area contributed by atoms with Gasteiger partial charge in [0, 0.05) is 22.1 Å². The molecule has 3 aromatic rings. The van der Waals surface area contributed by atoms with Crippen molar-refractivity contribution >= 4 is 33.3 Å². The van der Waals surface area contributed by atoms with Crippen molar-refractivity contribution in [2.45, 2.75) is 16.6 Å². The zero-order valence-corrected chi connectivity index (χ0v) is 12.4. The zero-order valence-electron chi connectivity index (χ0n) is 9.95. The van der Waals surface area contributed by atoms with Crippen LogP contribution in [0.25, 0.3) is 5.65 Å². The third-order valence-corrected chi connectivity index (χ3v) is 4.05. The van der Waals surface area contributed by atoms with Gasteiger partial charge in [-0.2, -0.15) is 0 Å². The van der Waals surface area contributed by atoms with E-state index in [0.29, 0.717) is 6.54 Å². The monoisotopic (exact) mass is 334 g/mol. The molecule has 0 aliphatic rings. The number of hydrogen-bond acceptors (Lipinski definition) is 4. The van der Waals surface area contributed by atoms with Gasteiger partial charge in [0.25, 0.3) is 0 Å². The minimum absolute atomic E-state index is 0.521. The SMILES string of the molecule is NCc1cc(Br)cc(Sc2nnc3ccccn23)c1. The number of halogens is 1. The predicted molar refractivity (Wildman–Crippen MR) is 79.1 cm³/mol. The Labute approximate surface area is 123 Å². The minimum Gasteiger partial charge on any atom is -0.326 e. The van der Waals surface area contributed by atoms with Gasteiger partial charge in [-0.1, -0.05) is 22.0 Å². The fourth-order valence-corrected chi connectivity index (χ4v) is 3.43. The van der Waals surface area contributed by atoms with Crippen molar-refractivity contribution in [3.05, 3.63) is 52.6 Å². The molecule has 0 atom stereocenters. The number of fused-ring (bicyclic) bond motifs is 1. The molecule has 0 amide bonds. The lowest BCUT2D eigenvalue weighted by atomic mass is 10.2. The third-order valence-electron chi connectivity index (χ3n) is 2.66. The number of hydrogen-bond donors (Lipinski definition) is 1. The van der Waals surface area contributed by atoms with Gasteiger partial charge < -0.3 is 5.73 Å². The second-order valence-corrected chi connectivity index (χ2v) is 5.97. The number of aromatic nitrogens is 3. The number of benzene rings is 1. The first-order valence-corrected chi connectivity index (χ1v) is 7.34. The van der Waals surface area contributed by atoms with Crippen LogP contribution in [0.1, 0.15) is 5.56 Å². The number of nitrogens with two attached hydrogens (primary N) is 1. The molecule has 6 heteroatoms. The molecule has 19 heavy (non-hydrogen) atoms. The zero-order chi connectivity index (χ0) is 13.2. The Morgan fingerprint density at radius 3 is 2.95 bits per heavy atom. The summed E-state index contributed by atoms with van der Waals surface area (Å²) in [5.41, 5.74) is 7.62. The highest BCUT2D eigenvalue weighted by Gasteiger charge is 2.07. The molecule has 0 fully saturated rings. The van der Waals surface area contributed by atoms with Gasteiger partial charge >= 0.3 is 0 Å². The predicted octanol–water partition coefficient (Wildman–Crippen LogP) is 3.10. The van der Waals surface area contributed by atoms with Crippen molar-refractivity contribution in [2.24, 2.45) is 5.73 Å². The van der Waals surface area contributed by atoms with Gasteiger partial charge in [-0.05, 0) is 47.7 Å². The van der Waals surface area contributed by atoms with Crippen LogP contribution in [0, 0.1) is 0 Å². The lowest BCUT2D eigenvalue weighted by Crippen LogP contribution is -1.96. The average molecular weight is 335 g/mol. The lowest BCUT2D eigenvalue weighted by Gasteiger charge is -2.04. The van der Waals surface area contributed by atoms with Gasteiger partial charge in [0.05, 0.1) is 0 Å². The molecule has 2 heterocycles. The second kappa shape index (κ2) is 5.32. The van der Waals surface area contributed by atoms with Crippen molar-refractivity contribution in [3.63, 3.8) is 0 Å². The summed E-state index contributed by atoms with van der Waals surface area (Å²) in [6, 6.07) is 12.0. The molecule has 0 saturated heterocycles. The van der Waals surface area contributed by atoms with Crippen LogP contribution in [0.2, 0.25) is 0 Å². The van der Waals surface area contributed by atoms with E-state index in [1.165, 1.54) is 0 Å². The maximum absolute atomic E-state index is 5.69.